The Kier molecular flexibility index (Phi) is 3.28. The quantitative estimate of drug-likeness (QED) is 0.851. The summed E-state index contributed by atoms with van der Waals surface area (Å²) in [5.41, 5.74) is 6.10. The molecule has 0 atom stereocenters. The second-order valence-electron chi connectivity index (χ2n) is 5.17. The molecule has 0 aliphatic heterocycles. The van der Waals surface area contributed by atoms with E-state index < -0.39 is 0 Å². The van der Waals surface area contributed by atoms with E-state index in [1.807, 2.05) is 4.68 Å². The Morgan fingerprint density at radius 3 is 2.62 bits per heavy atom. The van der Waals surface area contributed by atoms with Crippen molar-refractivity contribution in [1.29, 1.82) is 0 Å². The number of nitrogens with zero attached hydrogens (tertiary/aromatic N) is 3. The van der Waals surface area contributed by atoms with E-state index in [2.05, 4.69) is 23.9 Å². The van der Waals surface area contributed by atoms with Gasteiger partial charge in [-0.1, -0.05) is 19.3 Å². The standard InChI is InChI=1S/C12H22N4/c1-10(2)16-11(14-9-15-16)12(8-13)6-4-3-5-7-12/h9-10H,3-8,13H2,1-2H3. The molecule has 0 aromatic carbocycles. The Labute approximate surface area is 97.2 Å². The molecule has 0 spiro atoms. The van der Waals surface area contributed by atoms with E-state index in [9.17, 15) is 0 Å². The van der Waals surface area contributed by atoms with Crippen molar-refractivity contribution in [3.63, 3.8) is 0 Å². The first kappa shape index (κ1) is 11.6. The van der Waals surface area contributed by atoms with Crippen molar-refractivity contribution in [2.75, 3.05) is 6.54 Å². The third-order valence-corrected chi connectivity index (χ3v) is 3.74. The first-order valence-corrected chi connectivity index (χ1v) is 6.30. The fourth-order valence-corrected chi connectivity index (χ4v) is 2.76. The molecule has 0 bridgehead atoms. The summed E-state index contributed by atoms with van der Waals surface area (Å²) in [5, 5.41) is 4.33. The molecule has 0 saturated heterocycles. The van der Waals surface area contributed by atoms with Gasteiger partial charge in [0.2, 0.25) is 0 Å². The molecule has 4 nitrogen and oxygen atoms in total. The zero-order valence-electron chi connectivity index (χ0n) is 10.3. The molecule has 2 rings (SSSR count). The highest BCUT2D eigenvalue weighted by molar-refractivity contribution is 5.11. The molecule has 16 heavy (non-hydrogen) atoms. The van der Waals surface area contributed by atoms with Crippen LogP contribution in [0.25, 0.3) is 0 Å². The maximum Gasteiger partial charge on any atom is 0.138 e. The zero-order valence-corrected chi connectivity index (χ0v) is 10.3. The monoisotopic (exact) mass is 222 g/mol. The number of rotatable bonds is 3. The molecule has 90 valence electrons. The second-order valence-corrected chi connectivity index (χ2v) is 5.17. The van der Waals surface area contributed by atoms with Crippen molar-refractivity contribution >= 4 is 0 Å². The lowest BCUT2D eigenvalue weighted by molar-refractivity contribution is 0.268. The summed E-state index contributed by atoms with van der Waals surface area (Å²) in [6, 6.07) is 0.364. The fourth-order valence-electron chi connectivity index (χ4n) is 2.76. The summed E-state index contributed by atoms with van der Waals surface area (Å²) >= 11 is 0. The van der Waals surface area contributed by atoms with E-state index in [-0.39, 0.29) is 5.41 Å². The molecule has 1 saturated carbocycles. The van der Waals surface area contributed by atoms with Crippen LogP contribution >= 0.6 is 0 Å². The van der Waals surface area contributed by atoms with Gasteiger partial charge in [-0.05, 0) is 26.7 Å². The van der Waals surface area contributed by atoms with Crippen LogP contribution in [-0.4, -0.2) is 21.3 Å². The van der Waals surface area contributed by atoms with Gasteiger partial charge in [-0.3, -0.25) is 0 Å². The lowest BCUT2D eigenvalue weighted by Crippen LogP contribution is -2.40. The van der Waals surface area contributed by atoms with Crippen molar-refractivity contribution in [3.8, 4) is 0 Å². The molecule has 1 aromatic heterocycles. The molecule has 1 aliphatic rings. The van der Waals surface area contributed by atoms with Gasteiger partial charge in [-0.25, -0.2) is 9.67 Å². The lowest BCUT2D eigenvalue weighted by atomic mass is 9.73. The van der Waals surface area contributed by atoms with Gasteiger partial charge in [-0.15, -0.1) is 0 Å². The Hall–Kier alpha value is -0.900. The highest BCUT2D eigenvalue weighted by Gasteiger charge is 2.37. The van der Waals surface area contributed by atoms with Gasteiger partial charge in [-0.2, -0.15) is 5.10 Å². The fraction of sp³-hybridized carbons (Fsp3) is 0.833. The zero-order chi connectivity index (χ0) is 11.6. The van der Waals surface area contributed by atoms with Crippen LogP contribution in [-0.2, 0) is 5.41 Å². The van der Waals surface area contributed by atoms with E-state index in [0.717, 1.165) is 18.7 Å². The van der Waals surface area contributed by atoms with Gasteiger partial charge >= 0.3 is 0 Å². The van der Waals surface area contributed by atoms with E-state index in [1.165, 1.54) is 19.3 Å². The maximum atomic E-state index is 6.02. The minimum atomic E-state index is 0.0824. The van der Waals surface area contributed by atoms with Crippen LogP contribution in [0.4, 0.5) is 0 Å². The number of nitrogens with two attached hydrogens (primary N) is 1. The van der Waals surface area contributed by atoms with Gasteiger partial charge in [0.15, 0.2) is 0 Å². The number of aromatic nitrogens is 3. The van der Waals surface area contributed by atoms with Gasteiger partial charge in [0, 0.05) is 18.0 Å². The average Bonchev–Trinajstić information content (AvgIpc) is 2.79. The largest absolute Gasteiger partial charge is 0.329 e. The highest BCUT2D eigenvalue weighted by atomic mass is 15.4. The topological polar surface area (TPSA) is 56.7 Å². The van der Waals surface area contributed by atoms with E-state index >= 15 is 0 Å². The Morgan fingerprint density at radius 2 is 2.06 bits per heavy atom. The minimum Gasteiger partial charge on any atom is -0.329 e. The van der Waals surface area contributed by atoms with Crippen molar-refractivity contribution in [3.05, 3.63) is 12.2 Å². The van der Waals surface area contributed by atoms with Crippen LogP contribution in [0.3, 0.4) is 0 Å². The molecule has 2 N–H and O–H groups in total. The predicted octanol–water partition coefficient (Wildman–Crippen LogP) is 2.02. The highest BCUT2D eigenvalue weighted by Crippen LogP contribution is 2.38. The van der Waals surface area contributed by atoms with Crippen LogP contribution in [0.2, 0.25) is 0 Å². The summed E-state index contributed by atoms with van der Waals surface area (Å²) in [6.45, 7) is 4.98. The Bertz CT molecular complexity index is 337. The Morgan fingerprint density at radius 1 is 1.38 bits per heavy atom. The van der Waals surface area contributed by atoms with E-state index in [4.69, 9.17) is 5.73 Å². The van der Waals surface area contributed by atoms with Crippen molar-refractivity contribution in [1.82, 2.24) is 14.8 Å². The molecular formula is C12H22N4. The van der Waals surface area contributed by atoms with Crippen molar-refractivity contribution in [2.24, 2.45) is 5.73 Å². The van der Waals surface area contributed by atoms with Gasteiger partial charge < -0.3 is 5.73 Å². The normalized spacial score (nSPS) is 20.2. The molecule has 1 aliphatic carbocycles. The van der Waals surface area contributed by atoms with Crippen LogP contribution in [0.5, 0.6) is 0 Å². The summed E-state index contributed by atoms with van der Waals surface area (Å²) in [4.78, 5) is 4.48. The maximum absolute atomic E-state index is 6.02. The van der Waals surface area contributed by atoms with Crippen LogP contribution in [0.1, 0.15) is 57.8 Å². The van der Waals surface area contributed by atoms with Crippen molar-refractivity contribution in [2.45, 2.75) is 57.4 Å². The first-order chi connectivity index (χ1) is 7.69. The predicted molar refractivity (Wildman–Crippen MR) is 64.2 cm³/mol. The Balaban J connectivity index is 2.35. The van der Waals surface area contributed by atoms with Crippen LogP contribution in [0, 0.1) is 0 Å². The third kappa shape index (κ3) is 1.86. The summed E-state index contributed by atoms with van der Waals surface area (Å²) in [6.07, 6.45) is 7.85. The van der Waals surface area contributed by atoms with E-state index in [0.29, 0.717) is 12.6 Å². The van der Waals surface area contributed by atoms with Gasteiger partial charge in [0.25, 0.3) is 0 Å². The van der Waals surface area contributed by atoms with E-state index in [1.54, 1.807) is 6.33 Å². The van der Waals surface area contributed by atoms with Crippen molar-refractivity contribution < 1.29 is 0 Å². The molecule has 0 radical (unpaired) electrons. The molecule has 0 unspecified atom stereocenters. The summed E-state index contributed by atoms with van der Waals surface area (Å²) < 4.78 is 2.04. The third-order valence-electron chi connectivity index (χ3n) is 3.74. The van der Waals surface area contributed by atoms with Crippen LogP contribution in [0.15, 0.2) is 6.33 Å². The molecular weight excluding hydrogens is 200 g/mol. The molecule has 1 heterocycles. The van der Waals surface area contributed by atoms with Gasteiger partial charge in [0.05, 0.1) is 0 Å². The molecule has 1 aromatic rings. The summed E-state index contributed by atoms with van der Waals surface area (Å²) in [5.74, 6) is 1.10. The molecule has 1 fully saturated rings. The molecule has 0 amide bonds. The average molecular weight is 222 g/mol. The first-order valence-electron chi connectivity index (χ1n) is 6.30. The smallest absolute Gasteiger partial charge is 0.138 e. The number of hydrogen-bond acceptors (Lipinski definition) is 3. The lowest BCUT2D eigenvalue weighted by Gasteiger charge is -2.35. The number of hydrogen-bond donors (Lipinski definition) is 1. The minimum absolute atomic E-state index is 0.0824. The van der Waals surface area contributed by atoms with Crippen LogP contribution < -0.4 is 5.73 Å². The SMILES string of the molecule is CC(C)n1ncnc1C1(CN)CCCCC1. The van der Waals surface area contributed by atoms with Gasteiger partial charge in [0.1, 0.15) is 12.2 Å². The second kappa shape index (κ2) is 4.53. The molecule has 4 heteroatoms. The summed E-state index contributed by atoms with van der Waals surface area (Å²) in [7, 11) is 0.